The van der Waals surface area contributed by atoms with Gasteiger partial charge in [-0.15, -0.1) is 0 Å². The summed E-state index contributed by atoms with van der Waals surface area (Å²) in [6, 6.07) is 4.21. The van der Waals surface area contributed by atoms with Gasteiger partial charge in [0.2, 0.25) is 0 Å². The van der Waals surface area contributed by atoms with Crippen LogP contribution in [0.5, 0.6) is 0 Å². The van der Waals surface area contributed by atoms with Gasteiger partial charge in [0.25, 0.3) is 11.7 Å². The van der Waals surface area contributed by atoms with Crippen LogP contribution in [0.3, 0.4) is 0 Å². The Morgan fingerprint density at radius 3 is 2.55 bits per heavy atom. The van der Waals surface area contributed by atoms with Gasteiger partial charge in [-0.3, -0.25) is 9.59 Å². The van der Waals surface area contributed by atoms with Crippen LogP contribution in [-0.2, 0) is 4.79 Å². The Balaban J connectivity index is 2.29. The Morgan fingerprint density at radius 1 is 1.25 bits per heavy atom. The smallest absolute Gasteiger partial charge is 0.363 e. The van der Waals surface area contributed by atoms with Gasteiger partial charge in [-0.2, -0.15) is 13.2 Å². The van der Waals surface area contributed by atoms with Gasteiger partial charge in [0.05, 0.1) is 11.3 Å². The molecule has 0 radical (unpaired) electrons. The van der Waals surface area contributed by atoms with Crippen LogP contribution in [0.2, 0.25) is 0 Å². The first-order valence-electron chi connectivity index (χ1n) is 6.13. The molecule has 0 bridgehead atoms. The SMILES string of the molecule is CCCN(CC(F)(F)F)c1ccc2c(c1)NC(=O)C2=O. The van der Waals surface area contributed by atoms with Crippen LogP contribution < -0.4 is 10.2 Å². The highest BCUT2D eigenvalue weighted by atomic mass is 19.4. The van der Waals surface area contributed by atoms with E-state index in [4.69, 9.17) is 0 Å². The van der Waals surface area contributed by atoms with Crippen molar-refractivity contribution in [3.05, 3.63) is 23.8 Å². The van der Waals surface area contributed by atoms with E-state index >= 15 is 0 Å². The van der Waals surface area contributed by atoms with Crippen molar-refractivity contribution in [2.24, 2.45) is 0 Å². The lowest BCUT2D eigenvalue weighted by molar-refractivity contribution is -0.119. The van der Waals surface area contributed by atoms with E-state index in [9.17, 15) is 22.8 Å². The maximum absolute atomic E-state index is 12.5. The lowest BCUT2D eigenvalue weighted by Gasteiger charge is -2.25. The molecule has 0 aliphatic carbocycles. The molecule has 0 aromatic heterocycles. The lowest BCUT2D eigenvalue weighted by Crippen LogP contribution is -2.34. The van der Waals surface area contributed by atoms with Crippen LogP contribution in [0.4, 0.5) is 24.5 Å². The number of carbonyl (C=O) groups is 2. The van der Waals surface area contributed by atoms with Crippen molar-refractivity contribution in [2.45, 2.75) is 19.5 Å². The molecule has 0 spiro atoms. The Labute approximate surface area is 113 Å². The largest absolute Gasteiger partial charge is 0.405 e. The van der Waals surface area contributed by atoms with Crippen molar-refractivity contribution < 1.29 is 22.8 Å². The van der Waals surface area contributed by atoms with Crippen LogP contribution in [0.1, 0.15) is 23.7 Å². The van der Waals surface area contributed by atoms with Gasteiger partial charge in [0, 0.05) is 12.2 Å². The molecule has 0 fully saturated rings. The molecule has 1 aliphatic rings. The molecule has 7 heteroatoms. The number of nitrogens with one attached hydrogen (secondary N) is 1. The number of ketones is 1. The number of fused-ring (bicyclic) bond motifs is 1. The number of carbonyl (C=O) groups excluding carboxylic acids is 2. The summed E-state index contributed by atoms with van der Waals surface area (Å²) in [4.78, 5) is 23.8. The van der Waals surface area contributed by atoms with Gasteiger partial charge in [-0.05, 0) is 24.6 Å². The highest BCUT2D eigenvalue weighted by molar-refractivity contribution is 6.51. The predicted molar refractivity (Wildman–Crippen MR) is 68.0 cm³/mol. The van der Waals surface area contributed by atoms with E-state index in [2.05, 4.69) is 5.32 Å². The zero-order valence-electron chi connectivity index (χ0n) is 10.8. The minimum absolute atomic E-state index is 0.196. The maximum atomic E-state index is 12.5. The molecule has 1 N–H and O–H groups in total. The number of amides is 1. The number of halogens is 3. The second-order valence-corrected chi connectivity index (χ2v) is 4.55. The predicted octanol–water partition coefficient (Wildman–Crippen LogP) is 2.60. The molecule has 1 aromatic rings. The topological polar surface area (TPSA) is 49.4 Å². The molecule has 1 amide bonds. The maximum Gasteiger partial charge on any atom is 0.405 e. The summed E-state index contributed by atoms with van der Waals surface area (Å²) in [5.41, 5.74) is 0.793. The van der Waals surface area contributed by atoms with Crippen molar-refractivity contribution in [3.63, 3.8) is 0 Å². The van der Waals surface area contributed by atoms with Crippen LogP contribution in [0.25, 0.3) is 0 Å². The van der Waals surface area contributed by atoms with E-state index < -0.39 is 24.4 Å². The fraction of sp³-hybridized carbons (Fsp3) is 0.385. The summed E-state index contributed by atoms with van der Waals surface area (Å²) in [7, 11) is 0. The summed E-state index contributed by atoms with van der Waals surface area (Å²) < 4.78 is 37.6. The average molecular weight is 286 g/mol. The molecule has 0 saturated carbocycles. The number of alkyl halides is 3. The molecule has 1 aliphatic heterocycles. The third-order valence-corrected chi connectivity index (χ3v) is 2.93. The number of hydrogen-bond donors (Lipinski definition) is 1. The van der Waals surface area contributed by atoms with E-state index in [1.54, 1.807) is 6.92 Å². The standard InChI is InChI=1S/C13H13F3N2O2/c1-2-5-18(7-13(14,15)16)8-3-4-9-10(6-8)17-12(20)11(9)19/h3-4,6H,2,5,7H2,1H3,(H,17,19,20). The van der Waals surface area contributed by atoms with Crippen LogP contribution in [0, 0.1) is 0 Å². The molecule has 0 unspecified atom stereocenters. The fourth-order valence-electron chi connectivity index (χ4n) is 2.12. The minimum Gasteiger partial charge on any atom is -0.363 e. The zero-order valence-corrected chi connectivity index (χ0v) is 10.8. The molecule has 20 heavy (non-hydrogen) atoms. The van der Waals surface area contributed by atoms with E-state index in [-0.39, 0.29) is 17.8 Å². The van der Waals surface area contributed by atoms with E-state index in [1.807, 2.05) is 0 Å². The monoisotopic (exact) mass is 286 g/mol. The van der Waals surface area contributed by atoms with Gasteiger partial charge in [-0.25, -0.2) is 0 Å². The van der Waals surface area contributed by atoms with E-state index in [0.29, 0.717) is 12.1 Å². The Hall–Kier alpha value is -2.05. The summed E-state index contributed by atoms with van der Waals surface area (Å²) in [6.45, 7) is 0.948. The summed E-state index contributed by atoms with van der Waals surface area (Å²) in [5, 5.41) is 2.35. The van der Waals surface area contributed by atoms with Gasteiger partial charge < -0.3 is 10.2 Å². The van der Waals surface area contributed by atoms with Crippen LogP contribution >= 0.6 is 0 Å². The Bertz CT molecular complexity index is 555. The Morgan fingerprint density at radius 2 is 1.95 bits per heavy atom. The third kappa shape index (κ3) is 2.92. The Kier molecular flexibility index (Phi) is 3.69. The molecular formula is C13H13F3N2O2. The number of nitrogens with zero attached hydrogens (tertiary/aromatic N) is 1. The van der Waals surface area contributed by atoms with Crippen molar-refractivity contribution in [3.8, 4) is 0 Å². The summed E-state index contributed by atoms with van der Waals surface area (Å²) >= 11 is 0. The first-order valence-corrected chi connectivity index (χ1v) is 6.13. The molecule has 108 valence electrons. The molecule has 0 saturated heterocycles. The lowest BCUT2D eigenvalue weighted by atomic mass is 10.1. The minimum atomic E-state index is -4.31. The molecular weight excluding hydrogens is 273 g/mol. The fourth-order valence-corrected chi connectivity index (χ4v) is 2.12. The summed E-state index contributed by atoms with van der Waals surface area (Å²) in [5.74, 6) is -1.42. The number of Topliss-reactive ketones (excluding diaryl/α,β-unsaturated/α-hetero) is 1. The molecule has 1 heterocycles. The number of rotatable bonds is 4. The van der Waals surface area contributed by atoms with Crippen molar-refractivity contribution in [2.75, 3.05) is 23.3 Å². The highest BCUT2D eigenvalue weighted by Crippen LogP contribution is 2.30. The van der Waals surface area contributed by atoms with Gasteiger partial charge in [-0.1, -0.05) is 6.92 Å². The first-order chi connectivity index (χ1) is 9.31. The normalized spacial score (nSPS) is 14.2. The number of benzene rings is 1. The van der Waals surface area contributed by atoms with E-state index in [1.165, 1.54) is 23.1 Å². The van der Waals surface area contributed by atoms with Gasteiger partial charge >= 0.3 is 6.18 Å². The molecule has 2 rings (SSSR count). The van der Waals surface area contributed by atoms with Crippen molar-refractivity contribution in [1.29, 1.82) is 0 Å². The summed E-state index contributed by atoms with van der Waals surface area (Å²) in [6.07, 6.45) is -3.76. The number of anilines is 2. The first kappa shape index (κ1) is 14.4. The highest BCUT2D eigenvalue weighted by Gasteiger charge is 2.32. The molecule has 0 atom stereocenters. The second-order valence-electron chi connectivity index (χ2n) is 4.55. The zero-order chi connectivity index (χ0) is 14.9. The van der Waals surface area contributed by atoms with Crippen LogP contribution in [0.15, 0.2) is 18.2 Å². The van der Waals surface area contributed by atoms with E-state index in [0.717, 1.165) is 0 Å². The van der Waals surface area contributed by atoms with Crippen LogP contribution in [-0.4, -0.2) is 31.0 Å². The van der Waals surface area contributed by atoms with Gasteiger partial charge in [0.15, 0.2) is 0 Å². The second kappa shape index (κ2) is 5.15. The number of hydrogen-bond acceptors (Lipinski definition) is 3. The molecule has 1 aromatic carbocycles. The molecule has 4 nitrogen and oxygen atoms in total. The average Bonchev–Trinajstić information content (AvgIpc) is 2.62. The van der Waals surface area contributed by atoms with Gasteiger partial charge in [0.1, 0.15) is 6.54 Å². The quantitative estimate of drug-likeness (QED) is 0.866. The third-order valence-electron chi connectivity index (χ3n) is 2.93. The van der Waals surface area contributed by atoms with Crippen molar-refractivity contribution >= 4 is 23.1 Å². The van der Waals surface area contributed by atoms with Crippen molar-refractivity contribution in [1.82, 2.24) is 0 Å².